The van der Waals surface area contributed by atoms with Gasteiger partial charge >= 0.3 is 0 Å². The van der Waals surface area contributed by atoms with Gasteiger partial charge in [0, 0.05) is 23.8 Å². The van der Waals surface area contributed by atoms with Gasteiger partial charge in [0.2, 0.25) is 0 Å². The maximum atomic E-state index is 10.2. The second-order valence-corrected chi connectivity index (χ2v) is 9.03. The second kappa shape index (κ2) is 12.2. The minimum atomic E-state index is -1.09. The largest absolute Gasteiger partial charge is 0.488 e. The molecule has 0 aromatic heterocycles. The minimum absolute atomic E-state index is 0.0282. The summed E-state index contributed by atoms with van der Waals surface area (Å²) in [7, 11) is 0. The summed E-state index contributed by atoms with van der Waals surface area (Å²) in [5, 5.41) is 30.0. The smallest absolute Gasteiger partial charge is 0.124 e. The van der Waals surface area contributed by atoms with Crippen molar-refractivity contribution in [2.45, 2.75) is 70.1 Å². The molecule has 2 saturated heterocycles. The molecule has 32 heavy (non-hydrogen) atoms. The van der Waals surface area contributed by atoms with Gasteiger partial charge in [0.05, 0.1) is 32.0 Å². The van der Waals surface area contributed by atoms with E-state index >= 15 is 0 Å². The monoisotopic (exact) mass is 466 g/mol. The van der Waals surface area contributed by atoms with Gasteiger partial charge in [-0.3, -0.25) is 0 Å². The van der Waals surface area contributed by atoms with Crippen LogP contribution in [-0.4, -0.2) is 65.7 Å². The number of ether oxygens (including phenoxy) is 3. The molecule has 0 bridgehead atoms. The van der Waals surface area contributed by atoms with Gasteiger partial charge in [-0.2, -0.15) is 0 Å². The molecule has 6 nitrogen and oxygen atoms in total. The number of allylic oxidation sites excluding steroid dienone is 3. The molecule has 2 heterocycles. The van der Waals surface area contributed by atoms with Crippen molar-refractivity contribution < 1.29 is 29.5 Å². The maximum Gasteiger partial charge on any atom is 0.124 e. The van der Waals surface area contributed by atoms with Crippen LogP contribution in [0.15, 0.2) is 47.0 Å². The average Bonchev–Trinajstić information content (AvgIpc) is 3.43. The highest BCUT2D eigenvalue weighted by Gasteiger charge is 2.40. The first-order chi connectivity index (χ1) is 15.4. The lowest BCUT2D eigenvalue weighted by Crippen LogP contribution is -2.37. The molecule has 2 aliphatic heterocycles. The SMILES string of the molecule is CC/C=C(Cl)\C(=C/C(C)[C@@H]1CC(O)C(C(O)CO)O1)Cc1ccc(OC2CCOC2)cc1. The number of benzene rings is 1. The molecule has 3 rings (SSSR count). The lowest BCUT2D eigenvalue weighted by atomic mass is 9.94. The van der Waals surface area contributed by atoms with Crippen molar-refractivity contribution in [3.63, 3.8) is 0 Å². The lowest BCUT2D eigenvalue weighted by molar-refractivity contribution is -0.0864. The zero-order valence-electron chi connectivity index (χ0n) is 18.8. The third-order valence-electron chi connectivity index (χ3n) is 6.00. The summed E-state index contributed by atoms with van der Waals surface area (Å²) in [5.41, 5.74) is 2.10. The average molecular weight is 467 g/mol. The van der Waals surface area contributed by atoms with Crippen LogP contribution in [0.1, 0.15) is 38.7 Å². The number of aliphatic hydroxyl groups excluding tert-OH is 3. The highest BCUT2D eigenvalue weighted by Crippen LogP contribution is 2.31. The van der Waals surface area contributed by atoms with E-state index in [2.05, 4.69) is 6.08 Å². The summed E-state index contributed by atoms with van der Waals surface area (Å²) in [6.45, 7) is 5.00. The van der Waals surface area contributed by atoms with Crippen molar-refractivity contribution in [1.82, 2.24) is 0 Å². The lowest BCUT2D eigenvalue weighted by Gasteiger charge is -2.21. The first-order valence-corrected chi connectivity index (χ1v) is 11.8. The fraction of sp³-hybridized carbons (Fsp3) is 0.600. The molecule has 0 radical (unpaired) electrons. The van der Waals surface area contributed by atoms with E-state index in [4.69, 9.17) is 25.8 Å². The fourth-order valence-electron chi connectivity index (χ4n) is 4.17. The summed E-state index contributed by atoms with van der Waals surface area (Å²) < 4.78 is 17.2. The zero-order chi connectivity index (χ0) is 23.1. The van der Waals surface area contributed by atoms with Crippen LogP contribution >= 0.6 is 11.6 Å². The topological polar surface area (TPSA) is 88.4 Å². The van der Waals surface area contributed by atoms with E-state index in [-0.39, 0.29) is 18.1 Å². The summed E-state index contributed by atoms with van der Waals surface area (Å²) in [5.74, 6) is 0.805. The van der Waals surface area contributed by atoms with Gasteiger partial charge in [-0.05, 0) is 36.1 Å². The van der Waals surface area contributed by atoms with Gasteiger partial charge in [0.25, 0.3) is 0 Å². The Hall–Kier alpha value is -1.41. The molecule has 7 heteroatoms. The van der Waals surface area contributed by atoms with Crippen molar-refractivity contribution in [3.05, 3.63) is 52.6 Å². The Morgan fingerprint density at radius 1 is 1.31 bits per heavy atom. The Morgan fingerprint density at radius 3 is 2.69 bits per heavy atom. The minimum Gasteiger partial charge on any atom is -0.488 e. The van der Waals surface area contributed by atoms with Crippen LogP contribution in [0.3, 0.4) is 0 Å². The van der Waals surface area contributed by atoms with Gasteiger partial charge in [-0.15, -0.1) is 0 Å². The molecule has 1 aromatic rings. The van der Waals surface area contributed by atoms with Crippen molar-refractivity contribution >= 4 is 11.6 Å². The molecule has 3 N–H and O–H groups in total. The Labute approximate surface area is 195 Å². The molecule has 0 saturated carbocycles. The Balaban J connectivity index is 1.69. The van der Waals surface area contributed by atoms with E-state index in [9.17, 15) is 15.3 Å². The summed E-state index contributed by atoms with van der Waals surface area (Å²) in [6, 6.07) is 8.04. The van der Waals surface area contributed by atoms with Gasteiger partial charge in [-0.1, -0.05) is 49.7 Å². The van der Waals surface area contributed by atoms with Crippen LogP contribution < -0.4 is 4.74 Å². The predicted molar refractivity (Wildman–Crippen MR) is 124 cm³/mol. The van der Waals surface area contributed by atoms with E-state index in [0.29, 0.717) is 24.5 Å². The van der Waals surface area contributed by atoms with Gasteiger partial charge in [0.15, 0.2) is 0 Å². The van der Waals surface area contributed by atoms with Crippen molar-refractivity contribution in [2.75, 3.05) is 19.8 Å². The quantitative estimate of drug-likeness (QED) is 0.458. The van der Waals surface area contributed by atoms with Crippen molar-refractivity contribution in [3.8, 4) is 5.75 Å². The molecule has 2 fully saturated rings. The van der Waals surface area contributed by atoms with Crippen molar-refractivity contribution in [2.24, 2.45) is 5.92 Å². The van der Waals surface area contributed by atoms with E-state index in [1.165, 1.54) is 0 Å². The number of hydrogen-bond acceptors (Lipinski definition) is 6. The molecule has 5 unspecified atom stereocenters. The molecule has 0 spiro atoms. The zero-order valence-corrected chi connectivity index (χ0v) is 19.6. The van der Waals surface area contributed by atoms with Crippen LogP contribution in [-0.2, 0) is 15.9 Å². The van der Waals surface area contributed by atoms with Gasteiger partial charge in [0.1, 0.15) is 24.1 Å². The predicted octanol–water partition coefficient (Wildman–Crippen LogP) is 3.36. The van der Waals surface area contributed by atoms with E-state index < -0.39 is 24.9 Å². The van der Waals surface area contributed by atoms with E-state index in [0.717, 1.165) is 36.3 Å². The molecule has 1 aromatic carbocycles. The number of rotatable bonds is 10. The molecular formula is C25H35ClO6. The van der Waals surface area contributed by atoms with Gasteiger partial charge in [-0.25, -0.2) is 0 Å². The second-order valence-electron chi connectivity index (χ2n) is 8.63. The maximum absolute atomic E-state index is 10.2. The molecule has 2 aliphatic rings. The highest BCUT2D eigenvalue weighted by molar-refractivity contribution is 6.32. The first-order valence-electron chi connectivity index (χ1n) is 11.4. The van der Waals surface area contributed by atoms with Crippen LogP contribution in [0.25, 0.3) is 0 Å². The number of halogens is 1. The molecule has 6 atom stereocenters. The fourth-order valence-corrected chi connectivity index (χ4v) is 4.46. The molecule has 178 valence electrons. The normalized spacial score (nSPS) is 28.7. The third kappa shape index (κ3) is 6.80. The van der Waals surface area contributed by atoms with Gasteiger partial charge < -0.3 is 29.5 Å². The number of hydrogen-bond donors (Lipinski definition) is 3. The summed E-state index contributed by atoms with van der Waals surface area (Å²) in [6.07, 6.45) is 4.05. The van der Waals surface area contributed by atoms with Crippen molar-refractivity contribution in [1.29, 1.82) is 0 Å². The highest BCUT2D eigenvalue weighted by atomic mass is 35.5. The first kappa shape index (κ1) is 25.2. The molecular weight excluding hydrogens is 432 g/mol. The van der Waals surface area contributed by atoms with Crippen LogP contribution in [0, 0.1) is 5.92 Å². The standard InChI is InChI=1S/C25H35ClO6/c1-3-4-21(26)18(11-16(2)24-13-22(28)25(32-24)23(29)14-27)12-17-5-7-19(8-6-17)31-20-9-10-30-15-20/h4-8,11,16,20,22-25,27-29H,3,9-10,12-15H2,1-2H3/b18-11-,21-4+/t16?,20?,22?,23?,24-,25?/m0/s1. The Bertz CT molecular complexity index is 771. The third-order valence-corrected chi connectivity index (χ3v) is 6.40. The van der Waals surface area contributed by atoms with E-state index in [1.54, 1.807) is 0 Å². The van der Waals surface area contributed by atoms with E-state index in [1.807, 2.05) is 44.2 Å². The van der Waals surface area contributed by atoms with Crippen LogP contribution in [0.2, 0.25) is 0 Å². The van der Waals surface area contributed by atoms with Crippen LogP contribution in [0.5, 0.6) is 5.75 Å². The molecule has 0 amide bonds. The Kier molecular flexibility index (Phi) is 9.59. The number of aliphatic hydroxyl groups is 3. The summed E-state index contributed by atoms with van der Waals surface area (Å²) >= 11 is 6.61. The summed E-state index contributed by atoms with van der Waals surface area (Å²) in [4.78, 5) is 0. The van der Waals surface area contributed by atoms with Crippen LogP contribution in [0.4, 0.5) is 0 Å². The Morgan fingerprint density at radius 2 is 2.06 bits per heavy atom. The molecule has 0 aliphatic carbocycles.